The van der Waals surface area contributed by atoms with Gasteiger partial charge in [-0.15, -0.1) is 0 Å². The lowest BCUT2D eigenvalue weighted by Crippen LogP contribution is -2.31. The fourth-order valence-electron chi connectivity index (χ4n) is 2.16. The van der Waals surface area contributed by atoms with E-state index < -0.39 is 0 Å². The molecule has 0 unspecified atom stereocenters. The second kappa shape index (κ2) is 7.40. The highest BCUT2D eigenvalue weighted by Gasteiger charge is 2.05. The van der Waals surface area contributed by atoms with Crippen LogP contribution in [0.1, 0.15) is 18.9 Å². The first-order valence-electron chi connectivity index (χ1n) is 7.18. The third-order valence-corrected chi connectivity index (χ3v) is 3.27. The minimum absolute atomic E-state index is 0.133. The Morgan fingerprint density at radius 2 is 1.91 bits per heavy atom. The highest BCUT2D eigenvalue weighted by molar-refractivity contribution is 5.79. The number of para-hydroxylation sites is 1. The molecule has 0 fully saturated rings. The van der Waals surface area contributed by atoms with Crippen molar-refractivity contribution in [2.24, 2.45) is 0 Å². The first-order chi connectivity index (χ1) is 10.6. The van der Waals surface area contributed by atoms with Crippen molar-refractivity contribution in [3.05, 3.63) is 46.2 Å². The highest BCUT2D eigenvalue weighted by Crippen LogP contribution is 2.10. The average molecular weight is 301 g/mol. The normalized spacial score (nSPS) is 10.4. The van der Waals surface area contributed by atoms with Crippen LogP contribution in [0.25, 0.3) is 10.9 Å². The number of carbonyl (C=O) groups is 2. The molecule has 116 valence electrons. The van der Waals surface area contributed by atoms with Gasteiger partial charge in [0.15, 0.2) is 0 Å². The Labute approximate surface area is 127 Å². The summed E-state index contributed by atoms with van der Waals surface area (Å²) in [6.45, 7) is 2.11. The zero-order valence-corrected chi connectivity index (χ0v) is 12.4. The van der Waals surface area contributed by atoms with Crippen molar-refractivity contribution in [3.8, 4) is 0 Å². The van der Waals surface area contributed by atoms with Gasteiger partial charge < -0.3 is 15.6 Å². The first-order valence-corrected chi connectivity index (χ1v) is 7.18. The molecular formula is C16H19N3O3. The van der Waals surface area contributed by atoms with E-state index >= 15 is 0 Å². The van der Waals surface area contributed by atoms with E-state index in [0.29, 0.717) is 25.1 Å². The van der Waals surface area contributed by atoms with E-state index in [1.807, 2.05) is 30.3 Å². The number of carbonyl (C=O) groups excluding carboxylic acids is 2. The van der Waals surface area contributed by atoms with E-state index in [9.17, 15) is 14.4 Å². The fourth-order valence-corrected chi connectivity index (χ4v) is 2.16. The van der Waals surface area contributed by atoms with E-state index in [4.69, 9.17) is 0 Å². The number of hydrogen-bond acceptors (Lipinski definition) is 3. The highest BCUT2D eigenvalue weighted by atomic mass is 16.2. The Balaban J connectivity index is 1.86. The Kier molecular flexibility index (Phi) is 5.30. The molecule has 2 aromatic rings. The molecule has 0 aliphatic rings. The maximum absolute atomic E-state index is 11.9. The third kappa shape index (κ3) is 4.44. The minimum Gasteiger partial charge on any atom is -0.356 e. The van der Waals surface area contributed by atoms with E-state index in [1.54, 1.807) is 0 Å². The maximum atomic E-state index is 11.9. The minimum atomic E-state index is -0.157. The molecule has 0 aliphatic heterocycles. The van der Waals surface area contributed by atoms with Crippen molar-refractivity contribution < 1.29 is 9.59 Å². The molecule has 6 nitrogen and oxygen atoms in total. The van der Waals surface area contributed by atoms with Gasteiger partial charge in [0.05, 0.1) is 0 Å². The Morgan fingerprint density at radius 3 is 2.68 bits per heavy atom. The molecule has 0 aliphatic carbocycles. The maximum Gasteiger partial charge on any atom is 0.251 e. The van der Waals surface area contributed by atoms with Crippen molar-refractivity contribution in [2.75, 3.05) is 13.1 Å². The molecule has 2 amide bonds. The van der Waals surface area contributed by atoms with Gasteiger partial charge in [-0.3, -0.25) is 14.4 Å². The molecule has 6 heteroatoms. The van der Waals surface area contributed by atoms with Crippen LogP contribution in [0.3, 0.4) is 0 Å². The molecule has 0 radical (unpaired) electrons. The molecule has 0 bridgehead atoms. The number of H-pyrrole nitrogens is 1. The average Bonchev–Trinajstić information content (AvgIpc) is 2.47. The topological polar surface area (TPSA) is 91.1 Å². The van der Waals surface area contributed by atoms with Crippen LogP contribution < -0.4 is 16.2 Å². The molecule has 1 aromatic carbocycles. The third-order valence-electron chi connectivity index (χ3n) is 3.27. The number of pyridine rings is 1. The SMILES string of the molecule is CC(=O)NCCC(=O)NCCc1cc2ccccc2[nH]c1=O. The number of amides is 2. The first kappa shape index (κ1) is 15.8. The molecule has 0 spiro atoms. The molecule has 1 heterocycles. The van der Waals surface area contributed by atoms with Crippen LogP contribution in [0.5, 0.6) is 0 Å². The molecule has 0 saturated heterocycles. The molecule has 2 rings (SSSR count). The number of aromatic amines is 1. The molecule has 1 aromatic heterocycles. The van der Waals surface area contributed by atoms with Gasteiger partial charge in [0.25, 0.3) is 5.56 Å². The smallest absolute Gasteiger partial charge is 0.251 e. The zero-order valence-electron chi connectivity index (χ0n) is 12.4. The number of rotatable bonds is 6. The number of nitrogens with one attached hydrogen (secondary N) is 3. The lowest BCUT2D eigenvalue weighted by Gasteiger charge is -2.06. The molecule has 0 saturated carbocycles. The summed E-state index contributed by atoms with van der Waals surface area (Å²) in [5.41, 5.74) is 1.31. The lowest BCUT2D eigenvalue weighted by molar-refractivity contribution is -0.121. The zero-order chi connectivity index (χ0) is 15.9. The fraction of sp³-hybridized carbons (Fsp3) is 0.312. The van der Waals surface area contributed by atoms with Crippen LogP contribution in [0.15, 0.2) is 35.1 Å². The second-order valence-corrected chi connectivity index (χ2v) is 5.04. The molecular weight excluding hydrogens is 282 g/mol. The van der Waals surface area contributed by atoms with Gasteiger partial charge in [-0.25, -0.2) is 0 Å². The van der Waals surface area contributed by atoms with Crippen molar-refractivity contribution in [1.29, 1.82) is 0 Å². The predicted octanol–water partition coefficient (Wildman–Crippen LogP) is 0.713. The molecule has 22 heavy (non-hydrogen) atoms. The van der Waals surface area contributed by atoms with Crippen LogP contribution >= 0.6 is 0 Å². The van der Waals surface area contributed by atoms with Crippen LogP contribution in [-0.4, -0.2) is 29.9 Å². The number of benzene rings is 1. The van der Waals surface area contributed by atoms with Gasteiger partial charge in [0.1, 0.15) is 0 Å². The van der Waals surface area contributed by atoms with Gasteiger partial charge in [-0.2, -0.15) is 0 Å². The Hall–Kier alpha value is -2.63. The number of fused-ring (bicyclic) bond motifs is 1. The summed E-state index contributed by atoms with van der Waals surface area (Å²) in [6, 6.07) is 9.41. The summed E-state index contributed by atoms with van der Waals surface area (Å²) in [6.07, 6.45) is 0.694. The summed E-state index contributed by atoms with van der Waals surface area (Å²) in [5, 5.41) is 6.26. The number of hydrogen-bond donors (Lipinski definition) is 3. The van der Waals surface area contributed by atoms with Crippen LogP contribution in [0.4, 0.5) is 0 Å². The Morgan fingerprint density at radius 1 is 1.14 bits per heavy atom. The summed E-state index contributed by atoms with van der Waals surface area (Å²) in [4.78, 5) is 37.0. The van der Waals surface area contributed by atoms with Gasteiger partial charge in [-0.05, 0) is 23.9 Å². The summed E-state index contributed by atoms with van der Waals surface area (Å²) >= 11 is 0. The second-order valence-electron chi connectivity index (χ2n) is 5.04. The monoisotopic (exact) mass is 301 g/mol. The largest absolute Gasteiger partial charge is 0.356 e. The van der Waals surface area contributed by atoms with E-state index in [0.717, 1.165) is 10.9 Å². The summed E-state index contributed by atoms with van der Waals surface area (Å²) in [7, 11) is 0. The van der Waals surface area contributed by atoms with E-state index in [2.05, 4.69) is 15.6 Å². The van der Waals surface area contributed by atoms with Gasteiger partial charge in [0, 0.05) is 37.5 Å². The van der Waals surface area contributed by atoms with Crippen molar-refractivity contribution in [3.63, 3.8) is 0 Å². The van der Waals surface area contributed by atoms with Crippen molar-refractivity contribution >= 4 is 22.7 Å². The van der Waals surface area contributed by atoms with Crippen molar-refractivity contribution in [1.82, 2.24) is 15.6 Å². The number of aromatic nitrogens is 1. The van der Waals surface area contributed by atoms with Gasteiger partial charge >= 0.3 is 0 Å². The van der Waals surface area contributed by atoms with Crippen LogP contribution in [0.2, 0.25) is 0 Å². The van der Waals surface area contributed by atoms with Gasteiger partial charge in [0.2, 0.25) is 11.8 Å². The van der Waals surface area contributed by atoms with E-state index in [-0.39, 0.29) is 23.8 Å². The lowest BCUT2D eigenvalue weighted by atomic mass is 10.1. The van der Waals surface area contributed by atoms with Crippen LogP contribution in [-0.2, 0) is 16.0 Å². The summed E-state index contributed by atoms with van der Waals surface area (Å²) < 4.78 is 0. The quantitative estimate of drug-likeness (QED) is 0.734. The summed E-state index contributed by atoms with van der Waals surface area (Å²) in [5.74, 6) is -0.304. The standard InChI is InChI=1S/C16H19N3O3/c1-11(20)17-9-7-15(21)18-8-6-13-10-12-4-2-3-5-14(12)19-16(13)22/h2-5,10H,6-9H2,1H3,(H,17,20)(H,18,21)(H,19,22). The van der Waals surface area contributed by atoms with E-state index in [1.165, 1.54) is 6.92 Å². The van der Waals surface area contributed by atoms with Gasteiger partial charge in [-0.1, -0.05) is 18.2 Å². The molecule has 0 atom stereocenters. The Bertz CT molecular complexity index is 737. The van der Waals surface area contributed by atoms with Crippen LogP contribution in [0, 0.1) is 0 Å². The molecule has 3 N–H and O–H groups in total. The predicted molar refractivity (Wildman–Crippen MR) is 84.6 cm³/mol. The van der Waals surface area contributed by atoms with Crippen molar-refractivity contribution in [2.45, 2.75) is 19.8 Å².